The van der Waals surface area contributed by atoms with Gasteiger partial charge in [-0.25, -0.2) is 0 Å². The number of amides is 1. The minimum absolute atomic E-state index is 0.00366. The Morgan fingerprint density at radius 2 is 1.88 bits per heavy atom. The van der Waals surface area contributed by atoms with E-state index in [-0.39, 0.29) is 24.2 Å². The molecule has 2 aromatic carbocycles. The third-order valence-corrected chi connectivity index (χ3v) is 4.61. The van der Waals surface area contributed by atoms with Gasteiger partial charge in [-0.15, -0.1) is 0 Å². The van der Waals surface area contributed by atoms with Gasteiger partial charge in [0.25, 0.3) is 5.91 Å². The van der Waals surface area contributed by atoms with Gasteiger partial charge in [-0.3, -0.25) is 4.79 Å². The second-order valence-electron chi connectivity index (χ2n) is 7.71. The molecule has 1 atom stereocenters. The lowest BCUT2D eigenvalue weighted by Gasteiger charge is -2.37. The summed E-state index contributed by atoms with van der Waals surface area (Å²) in [5, 5.41) is 3.11. The van der Waals surface area contributed by atoms with Crippen molar-refractivity contribution < 1.29 is 14.3 Å². The van der Waals surface area contributed by atoms with E-state index in [2.05, 4.69) is 19.2 Å². The molecule has 1 aliphatic heterocycles. The van der Waals surface area contributed by atoms with Crippen molar-refractivity contribution in [2.75, 3.05) is 6.61 Å². The van der Waals surface area contributed by atoms with Crippen molar-refractivity contribution in [2.45, 2.75) is 51.7 Å². The van der Waals surface area contributed by atoms with Gasteiger partial charge in [0.2, 0.25) is 0 Å². The van der Waals surface area contributed by atoms with Crippen molar-refractivity contribution in [3.63, 3.8) is 0 Å². The summed E-state index contributed by atoms with van der Waals surface area (Å²) in [6.45, 7) is 8.31. The number of rotatable bonds is 5. The van der Waals surface area contributed by atoms with Crippen LogP contribution in [-0.2, 0) is 4.79 Å². The van der Waals surface area contributed by atoms with Crippen LogP contribution >= 0.6 is 0 Å². The van der Waals surface area contributed by atoms with Crippen molar-refractivity contribution in [1.82, 2.24) is 5.32 Å². The zero-order chi connectivity index (χ0) is 18.7. The lowest BCUT2D eigenvalue weighted by molar-refractivity contribution is -0.124. The Hall–Kier alpha value is -2.49. The maximum atomic E-state index is 12.5. The van der Waals surface area contributed by atoms with Crippen LogP contribution in [0.2, 0.25) is 0 Å². The molecular formula is C22H27NO3. The molecule has 4 nitrogen and oxygen atoms in total. The number of nitrogens with one attached hydrogen (secondary N) is 1. The molecule has 1 unspecified atom stereocenters. The zero-order valence-corrected chi connectivity index (χ0v) is 15.9. The summed E-state index contributed by atoms with van der Waals surface area (Å²) in [5.74, 6) is 1.82. The van der Waals surface area contributed by atoms with E-state index in [1.807, 2.05) is 62.4 Å². The van der Waals surface area contributed by atoms with Gasteiger partial charge < -0.3 is 14.8 Å². The van der Waals surface area contributed by atoms with E-state index in [1.165, 1.54) is 0 Å². The summed E-state index contributed by atoms with van der Waals surface area (Å²) in [4.78, 5) is 12.5. The third-order valence-electron chi connectivity index (χ3n) is 4.61. The molecule has 1 N–H and O–H groups in total. The molecule has 0 aromatic heterocycles. The lowest BCUT2D eigenvalue weighted by atomic mass is 9.89. The van der Waals surface area contributed by atoms with E-state index in [4.69, 9.17) is 9.47 Å². The molecular weight excluding hydrogens is 326 g/mol. The summed E-state index contributed by atoms with van der Waals surface area (Å²) in [7, 11) is 0. The maximum Gasteiger partial charge on any atom is 0.258 e. The summed E-state index contributed by atoms with van der Waals surface area (Å²) in [5.41, 5.74) is 1.80. The van der Waals surface area contributed by atoms with Gasteiger partial charge in [0, 0.05) is 12.0 Å². The van der Waals surface area contributed by atoms with Gasteiger partial charge in [0.05, 0.1) is 6.04 Å². The highest BCUT2D eigenvalue weighted by atomic mass is 16.5. The van der Waals surface area contributed by atoms with E-state index >= 15 is 0 Å². The first-order valence-corrected chi connectivity index (χ1v) is 9.15. The normalized spacial score (nSPS) is 18.0. The van der Waals surface area contributed by atoms with Crippen LogP contribution < -0.4 is 14.8 Å². The predicted octanol–water partition coefficient (Wildman–Crippen LogP) is 4.61. The molecule has 2 aromatic rings. The molecule has 0 aliphatic carbocycles. The molecule has 1 heterocycles. The van der Waals surface area contributed by atoms with Gasteiger partial charge >= 0.3 is 0 Å². The molecule has 138 valence electrons. The van der Waals surface area contributed by atoms with Crippen LogP contribution in [0.3, 0.4) is 0 Å². The predicted molar refractivity (Wildman–Crippen MR) is 103 cm³/mol. The summed E-state index contributed by atoms with van der Waals surface area (Å²) in [6.07, 6.45) is 0.721. The summed E-state index contributed by atoms with van der Waals surface area (Å²) >= 11 is 0. The SMILES string of the molecule is CC(C)c1ccccc1OCC(=O)NC1CC(C)(C)Oc2ccccc21. The van der Waals surface area contributed by atoms with Gasteiger partial charge in [0.1, 0.15) is 17.1 Å². The third kappa shape index (κ3) is 4.18. The highest BCUT2D eigenvalue weighted by molar-refractivity contribution is 5.78. The van der Waals surface area contributed by atoms with Gasteiger partial charge in [-0.2, -0.15) is 0 Å². The van der Waals surface area contributed by atoms with Crippen LogP contribution in [0.25, 0.3) is 0 Å². The fraction of sp³-hybridized carbons (Fsp3) is 0.409. The van der Waals surface area contributed by atoms with E-state index in [0.717, 1.165) is 29.0 Å². The minimum Gasteiger partial charge on any atom is -0.487 e. The number of para-hydroxylation sites is 2. The zero-order valence-electron chi connectivity index (χ0n) is 15.9. The smallest absolute Gasteiger partial charge is 0.258 e. The first-order chi connectivity index (χ1) is 12.4. The standard InChI is InChI=1S/C22H27NO3/c1-15(2)16-9-5-7-11-19(16)25-14-21(24)23-18-13-22(3,4)26-20-12-8-6-10-17(18)20/h5-12,15,18H,13-14H2,1-4H3,(H,23,24). The number of ether oxygens (including phenoxy) is 2. The van der Waals surface area contributed by atoms with Crippen molar-refractivity contribution in [2.24, 2.45) is 0 Å². The van der Waals surface area contributed by atoms with Crippen LogP contribution in [0.15, 0.2) is 48.5 Å². The Morgan fingerprint density at radius 1 is 1.19 bits per heavy atom. The van der Waals surface area contributed by atoms with E-state index in [9.17, 15) is 4.79 Å². The largest absolute Gasteiger partial charge is 0.487 e. The summed E-state index contributed by atoms with van der Waals surface area (Å²) < 4.78 is 11.8. The Balaban J connectivity index is 1.67. The molecule has 0 bridgehead atoms. The molecule has 4 heteroatoms. The molecule has 0 saturated heterocycles. The van der Waals surface area contributed by atoms with Crippen LogP contribution in [-0.4, -0.2) is 18.1 Å². The topological polar surface area (TPSA) is 47.6 Å². The molecule has 3 rings (SSSR count). The molecule has 0 spiro atoms. The molecule has 0 saturated carbocycles. The average molecular weight is 353 g/mol. The van der Waals surface area contributed by atoms with Crippen LogP contribution in [0, 0.1) is 0 Å². The second-order valence-corrected chi connectivity index (χ2v) is 7.71. The van der Waals surface area contributed by atoms with Crippen molar-refractivity contribution in [1.29, 1.82) is 0 Å². The number of carbonyl (C=O) groups is 1. The van der Waals surface area contributed by atoms with Crippen molar-refractivity contribution in [3.05, 3.63) is 59.7 Å². The molecule has 0 radical (unpaired) electrons. The van der Waals surface area contributed by atoms with Gasteiger partial charge in [-0.1, -0.05) is 50.2 Å². The van der Waals surface area contributed by atoms with E-state index in [1.54, 1.807) is 0 Å². The fourth-order valence-electron chi connectivity index (χ4n) is 3.40. The number of hydrogen-bond donors (Lipinski definition) is 1. The number of hydrogen-bond acceptors (Lipinski definition) is 3. The fourth-order valence-corrected chi connectivity index (χ4v) is 3.40. The highest BCUT2D eigenvalue weighted by Gasteiger charge is 2.34. The number of carbonyl (C=O) groups excluding carboxylic acids is 1. The monoisotopic (exact) mass is 353 g/mol. The number of benzene rings is 2. The Morgan fingerprint density at radius 3 is 2.65 bits per heavy atom. The quantitative estimate of drug-likeness (QED) is 0.854. The molecule has 1 amide bonds. The first kappa shape index (κ1) is 18.3. The Labute approximate surface area is 155 Å². The average Bonchev–Trinajstić information content (AvgIpc) is 2.59. The van der Waals surface area contributed by atoms with Crippen LogP contribution in [0.4, 0.5) is 0 Å². The van der Waals surface area contributed by atoms with E-state index in [0.29, 0.717) is 5.92 Å². The van der Waals surface area contributed by atoms with Gasteiger partial charge in [0.15, 0.2) is 6.61 Å². The molecule has 26 heavy (non-hydrogen) atoms. The second kappa shape index (κ2) is 7.40. The van der Waals surface area contributed by atoms with E-state index < -0.39 is 0 Å². The van der Waals surface area contributed by atoms with Crippen molar-refractivity contribution >= 4 is 5.91 Å². The van der Waals surface area contributed by atoms with Crippen LogP contribution in [0.1, 0.15) is 57.2 Å². The Bertz CT molecular complexity index is 782. The van der Waals surface area contributed by atoms with Crippen molar-refractivity contribution in [3.8, 4) is 11.5 Å². The molecule has 0 fully saturated rings. The van der Waals surface area contributed by atoms with Gasteiger partial charge in [-0.05, 0) is 37.5 Å². The minimum atomic E-state index is -0.322. The summed E-state index contributed by atoms with van der Waals surface area (Å²) in [6, 6.07) is 15.7. The van der Waals surface area contributed by atoms with Crippen LogP contribution in [0.5, 0.6) is 11.5 Å². The Kier molecular flexibility index (Phi) is 5.21. The highest BCUT2D eigenvalue weighted by Crippen LogP contribution is 2.39. The number of fused-ring (bicyclic) bond motifs is 1. The lowest BCUT2D eigenvalue weighted by Crippen LogP contribution is -2.42. The maximum absolute atomic E-state index is 12.5. The molecule has 1 aliphatic rings. The first-order valence-electron chi connectivity index (χ1n) is 9.15.